The van der Waals surface area contributed by atoms with Gasteiger partial charge in [-0.3, -0.25) is 19.2 Å². The highest BCUT2D eigenvalue weighted by Gasteiger charge is 2.27. The molecule has 12 heteroatoms. The van der Waals surface area contributed by atoms with Gasteiger partial charge in [-0.15, -0.1) is 0 Å². The van der Waals surface area contributed by atoms with Gasteiger partial charge in [-0.2, -0.15) is 0 Å². The number of rotatable bonds is 10. The lowest BCUT2D eigenvalue weighted by molar-refractivity contribution is -0.135. The van der Waals surface area contributed by atoms with Crippen molar-refractivity contribution in [2.75, 3.05) is 19.6 Å². The number of likely N-dealkylation sites (N-methyl/N-ethyl adjacent to an activating group) is 1. The summed E-state index contributed by atoms with van der Waals surface area (Å²) >= 11 is 3.70. The van der Waals surface area contributed by atoms with Gasteiger partial charge in [0, 0.05) is 19.6 Å². The van der Waals surface area contributed by atoms with Crippen molar-refractivity contribution in [1.82, 2.24) is 15.1 Å². The lowest BCUT2D eigenvalue weighted by Crippen LogP contribution is -2.50. The predicted molar refractivity (Wildman–Crippen MR) is 114 cm³/mol. The number of nitrogens with two attached hydrogens (primary N) is 1. The van der Waals surface area contributed by atoms with Crippen LogP contribution in [0.15, 0.2) is 0 Å². The maximum Gasteiger partial charge on any atom is 0.253 e. The first-order chi connectivity index (χ1) is 11.2. The quantitative estimate of drug-likeness (QED) is 0.138. The Labute approximate surface area is 171 Å². The molecule has 24 heavy (non-hydrogen) atoms. The molecule has 0 rings (SSSR count). The van der Waals surface area contributed by atoms with Gasteiger partial charge in [-0.25, -0.2) is 0 Å². The third-order valence-electron chi connectivity index (χ3n) is 3.24. The number of carbonyl (C=O) groups is 4. The Balaban J connectivity index is 4.69. The molecule has 0 aliphatic rings. The van der Waals surface area contributed by atoms with Crippen LogP contribution in [0.2, 0.25) is 12.6 Å². The van der Waals surface area contributed by atoms with Crippen LogP contribution in [-0.4, -0.2) is 76.9 Å². The fourth-order valence-electron chi connectivity index (χ4n) is 1.91. The van der Waals surface area contributed by atoms with Crippen LogP contribution in [0, 0.1) is 0 Å². The van der Waals surface area contributed by atoms with E-state index in [-0.39, 0.29) is 37.1 Å². The standard InChI is InChI=1S/C12H22B2I2N4O4/c1-2-19(7(21)5-13)10(16)12(24)18-3-4-20(8(22)6-14)9(15)11(17)23/h9-10H,2-6,13-14H2,1H3,(H2,17,23)(H,18,24). The first-order valence-corrected chi connectivity index (χ1v) is 10.1. The van der Waals surface area contributed by atoms with Gasteiger partial charge in [0.1, 0.15) is 15.7 Å². The number of carbonyl (C=O) groups excluding carboxylic acids is 4. The highest BCUT2D eigenvalue weighted by Crippen LogP contribution is 2.11. The zero-order chi connectivity index (χ0) is 18.9. The van der Waals surface area contributed by atoms with Crippen molar-refractivity contribution in [2.45, 2.75) is 27.7 Å². The molecule has 0 radical (unpaired) electrons. The fourth-order valence-corrected chi connectivity index (χ4v) is 3.43. The van der Waals surface area contributed by atoms with Crippen LogP contribution in [-0.2, 0) is 19.2 Å². The number of amides is 4. The molecule has 3 N–H and O–H groups in total. The molecule has 2 unspecified atom stereocenters. The van der Waals surface area contributed by atoms with Crippen molar-refractivity contribution in [3.63, 3.8) is 0 Å². The Hall–Kier alpha value is -0.530. The molecule has 0 saturated carbocycles. The summed E-state index contributed by atoms with van der Waals surface area (Å²) in [6.07, 6.45) is 0.568. The molecule has 0 aliphatic carbocycles. The summed E-state index contributed by atoms with van der Waals surface area (Å²) in [5.74, 6) is -1.24. The molecule has 0 aromatic rings. The molecular weight excluding hydrogens is 540 g/mol. The van der Waals surface area contributed by atoms with Crippen LogP contribution in [0.3, 0.4) is 0 Å². The minimum atomic E-state index is -0.767. The summed E-state index contributed by atoms with van der Waals surface area (Å²) in [5, 5.41) is 2.69. The van der Waals surface area contributed by atoms with Crippen molar-refractivity contribution in [2.24, 2.45) is 5.73 Å². The number of primary amides is 1. The molecule has 0 heterocycles. The van der Waals surface area contributed by atoms with Crippen LogP contribution in [0.4, 0.5) is 0 Å². The van der Waals surface area contributed by atoms with E-state index in [0.29, 0.717) is 12.9 Å². The van der Waals surface area contributed by atoms with Gasteiger partial charge in [0.15, 0.2) is 8.10 Å². The molecule has 0 aromatic carbocycles. The van der Waals surface area contributed by atoms with E-state index in [1.54, 1.807) is 38.3 Å². The largest absolute Gasteiger partial charge is 0.367 e. The number of hydrogen-bond acceptors (Lipinski definition) is 4. The summed E-state index contributed by atoms with van der Waals surface area (Å²) in [4.78, 5) is 50.0. The van der Waals surface area contributed by atoms with E-state index < -0.39 is 14.0 Å². The number of nitrogens with zero attached hydrogens (tertiary/aromatic N) is 2. The average molecular weight is 562 g/mol. The van der Waals surface area contributed by atoms with E-state index in [9.17, 15) is 19.2 Å². The van der Waals surface area contributed by atoms with Gasteiger partial charge < -0.3 is 20.9 Å². The van der Waals surface area contributed by atoms with Gasteiger partial charge in [0.05, 0.1) is 0 Å². The molecule has 4 amide bonds. The average Bonchev–Trinajstić information content (AvgIpc) is 2.57. The van der Waals surface area contributed by atoms with Crippen molar-refractivity contribution in [3.8, 4) is 0 Å². The van der Waals surface area contributed by atoms with Crippen LogP contribution >= 0.6 is 45.2 Å². The minimum absolute atomic E-state index is 0.101. The molecule has 0 spiro atoms. The molecule has 0 aliphatic heterocycles. The van der Waals surface area contributed by atoms with Crippen LogP contribution in [0.5, 0.6) is 0 Å². The zero-order valence-corrected chi connectivity index (χ0v) is 18.4. The maximum atomic E-state index is 12.2. The van der Waals surface area contributed by atoms with Gasteiger partial charge >= 0.3 is 0 Å². The number of hydrogen-bond donors (Lipinski definition) is 2. The minimum Gasteiger partial charge on any atom is -0.367 e. The van der Waals surface area contributed by atoms with Crippen LogP contribution < -0.4 is 11.1 Å². The Bertz CT molecular complexity index is 484. The number of halogens is 2. The van der Waals surface area contributed by atoms with E-state index in [2.05, 4.69) is 5.32 Å². The van der Waals surface area contributed by atoms with Crippen LogP contribution in [0.1, 0.15) is 6.92 Å². The molecule has 2 atom stereocenters. The lowest BCUT2D eigenvalue weighted by Gasteiger charge is -2.28. The molecular formula is C12H22B2I2N4O4. The van der Waals surface area contributed by atoms with E-state index >= 15 is 0 Å². The number of alkyl halides is 2. The van der Waals surface area contributed by atoms with Crippen molar-refractivity contribution in [3.05, 3.63) is 0 Å². The second-order valence-electron chi connectivity index (χ2n) is 4.84. The normalized spacial score (nSPS) is 12.8. The van der Waals surface area contributed by atoms with Crippen molar-refractivity contribution >= 4 is 84.5 Å². The SMILES string of the molecule is BCC(=O)N(CCNC(=O)C(I)N(CC)C(=O)CB)C(I)C(N)=O. The van der Waals surface area contributed by atoms with Gasteiger partial charge in [-0.1, -0.05) is 0 Å². The molecule has 0 saturated heterocycles. The van der Waals surface area contributed by atoms with Gasteiger partial charge in [0.25, 0.3) is 5.91 Å². The predicted octanol–water partition coefficient (Wildman–Crippen LogP) is -2.11. The van der Waals surface area contributed by atoms with Crippen LogP contribution in [0.25, 0.3) is 0 Å². The lowest BCUT2D eigenvalue weighted by atomic mass is 10.0. The second kappa shape index (κ2) is 11.9. The summed E-state index contributed by atoms with van der Waals surface area (Å²) in [5.41, 5.74) is 5.24. The molecule has 0 bridgehead atoms. The topological polar surface area (TPSA) is 113 Å². The van der Waals surface area contributed by atoms with Crippen molar-refractivity contribution < 1.29 is 19.2 Å². The third kappa shape index (κ3) is 7.15. The van der Waals surface area contributed by atoms with E-state index in [4.69, 9.17) is 5.73 Å². The second-order valence-corrected chi connectivity index (χ2v) is 7.20. The third-order valence-corrected chi connectivity index (χ3v) is 5.76. The van der Waals surface area contributed by atoms with Crippen molar-refractivity contribution in [1.29, 1.82) is 0 Å². The zero-order valence-electron chi connectivity index (χ0n) is 14.1. The Morgan fingerprint density at radius 1 is 1.04 bits per heavy atom. The molecule has 8 nitrogen and oxygen atoms in total. The molecule has 0 fully saturated rings. The summed E-state index contributed by atoms with van der Waals surface area (Å²) in [7, 11) is 3.43. The summed E-state index contributed by atoms with van der Waals surface area (Å²) in [6, 6.07) is 0. The number of nitrogens with one attached hydrogen (secondary N) is 1. The van der Waals surface area contributed by atoms with E-state index in [1.165, 1.54) is 9.80 Å². The Morgan fingerprint density at radius 3 is 1.96 bits per heavy atom. The fraction of sp³-hybridized carbons (Fsp3) is 0.667. The van der Waals surface area contributed by atoms with E-state index in [0.717, 1.165) is 0 Å². The Morgan fingerprint density at radius 2 is 1.54 bits per heavy atom. The highest BCUT2D eigenvalue weighted by molar-refractivity contribution is 14.1. The maximum absolute atomic E-state index is 12.2. The smallest absolute Gasteiger partial charge is 0.253 e. The monoisotopic (exact) mass is 562 g/mol. The highest BCUT2D eigenvalue weighted by atomic mass is 127. The van der Waals surface area contributed by atoms with E-state index in [1.807, 2.05) is 29.5 Å². The van der Waals surface area contributed by atoms with Gasteiger partial charge in [0.2, 0.25) is 17.7 Å². The first kappa shape index (κ1) is 23.5. The Kier molecular flexibility index (Phi) is 11.7. The summed E-state index contributed by atoms with van der Waals surface area (Å²) < 4.78 is -1.39. The summed E-state index contributed by atoms with van der Waals surface area (Å²) in [6.45, 7) is 2.59. The van der Waals surface area contributed by atoms with Gasteiger partial charge in [-0.05, 0) is 64.7 Å². The molecule has 0 aromatic heterocycles. The molecule has 134 valence electrons. The first-order valence-electron chi connectivity index (χ1n) is 7.65.